The highest BCUT2D eigenvalue weighted by Gasteiger charge is 2.26. The Kier molecular flexibility index (Phi) is 7.06. The molecule has 7 nitrogen and oxygen atoms in total. The van der Waals surface area contributed by atoms with E-state index in [2.05, 4.69) is 10.3 Å². The molecule has 4 rings (SSSR count). The van der Waals surface area contributed by atoms with Gasteiger partial charge < -0.3 is 16.0 Å². The number of nitrogens with one attached hydrogen (secondary N) is 1. The summed E-state index contributed by atoms with van der Waals surface area (Å²) in [6.07, 6.45) is 1.45. The molecule has 3 N–H and O–H groups in total. The Hall–Kier alpha value is -2.91. The number of likely N-dealkylation sites (tertiary alicyclic amines) is 1. The van der Waals surface area contributed by atoms with E-state index in [-0.39, 0.29) is 35.8 Å². The van der Waals surface area contributed by atoms with Gasteiger partial charge in [-0.3, -0.25) is 14.4 Å². The Bertz CT molecular complexity index is 1130. The van der Waals surface area contributed by atoms with Crippen molar-refractivity contribution in [3.63, 3.8) is 0 Å². The number of benzene rings is 2. The molecule has 1 aliphatic rings. The Morgan fingerprint density at radius 3 is 2.66 bits per heavy atom. The number of carbonyl (C=O) groups is 3. The topological polar surface area (TPSA) is 105 Å². The number of thioether (sulfide) groups is 1. The second-order valence-electron chi connectivity index (χ2n) is 7.70. The van der Waals surface area contributed by atoms with Gasteiger partial charge in [0.15, 0.2) is 4.34 Å². The fraction of sp³-hybridized carbons (Fsp3) is 0.304. The van der Waals surface area contributed by atoms with Gasteiger partial charge >= 0.3 is 0 Å². The monoisotopic (exact) mass is 468 g/mol. The summed E-state index contributed by atoms with van der Waals surface area (Å²) >= 11 is 2.79. The second kappa shape index (κ2) is 10.1. The van der Waals surface area contributed by atoms with E-state index in [1.54, 1.807) is 4.90 Å². The van der Waals surface area contributed by atoms with Gasteiger partial charge in [0.1, 0.15) is 0 Å². The summed E-state index contributed by atoms with van der Waals surface area (Å²) in [5.41, 5.74) is 6.84. The summed E-state index contributed by atoms with van der Waals surface area (Å²) in [5.74, 6) is -0.283. The van der Waals surface area contributed by atoms with Crippen molar-refractivity contribution in [3.05, 3.63) is 53.5 Å². The number of primary amides is 1. The third-order valence-electron chi connectivity index (χ3n) is 5.50. The number of aromatic nitrogens is 1. The van der Waals surface area contributed by atoms with Crippen LogP contribution in [0.3, 0.4) is 0 Å². The van der Waals surface area contributed by atoms with Crippen LogP contribution in [0.5, 0.6) is 0 Å². The molecule has 0 aliphatic carbocycles. The lowest BCUT2D eigenvalue weighted by Gasteiger charge is -2.30. The van der Waals surface area contributed by atoms with Crippen molar-refractivity contribution in [2.75, 3.05) is 24.2 Å². The van der Waals surface area contributed by atoms with E-state index < -0.39 is 0 Å². The highest BCUT2D eigenvalue weighted by Crippen LogP contribution is 2.26. The number of thiazole rings is 1. The number of nitrogens with zero attached hydrogens (tertiary/aromatic N) is 2. The SMILES string of the molecule is NC(=O)C1CCN(C(=O)Cc2csc(SCC(=O)Nc3cccc4ccccc34)n2)CC1. The van der Waals surface area contributed by atoms with Gasteiger partial charge in [0.05, 0.1) is 17.9 Å². The predicted molar refractivity (Wildman–Crippen MR) is 128 cm³/mol. The maximum absolute atomic E-state index is 12.5. The van der Waals surface area contributed by atoms with E-state index in [1.807, 2.05) is 47.8 Å². The zero-order chi connectivity index (χ0) is 22.5. The molecular weight excluding hydrogens is 444 g/mol. The molecule has 3 amide bonds. The van der Waals surface area contributed by atoms with Crippen LogP contribution in [0.15, 0.2) is 52.2 Å². The molecule has 1 fully saturated rings. The molecule has 1 saturated heterocycles. The van der Waals surface area contributed by atoms with Crippen molar-refractivity contribution in [1.82, 2.24) is 9.88 Å². The van der Waals surface area contributed by atoms with Crippen molar-refractivity contribution in [2.45, 2.75) is 23.6 Å². The normalized spacial score (nSPS) is 14.4. The van der Waals surface area contributed by atoms with Crippen LogP contribution >= 0.6 is 23.1 Å². The van der Waals surface area contributed by atoms with Gasteiger partial charge in [-0.15, -0.1) is 11.3 Å². The number of nitrogens with two attached hydrogens (primary N) is 1. The first-order valence-corrected chi connectivity index (χ1v) is 12.3. The maximum atomic E-state index is 12.5. The summed E-state index contributed by atoms with van der Waals surface area (Å²) in [4.78, 5) is 42.5. The number of fused-ring (bicyclic) bond motifs is 1. The lowest BCUT2D eigenvalue weighted by Crippen LogP contribution is -2.42. The zero-order valence-electron chi connectivity index (χ0n) is 17.5. The largest absolute Gasteiger partial charge is 0.369 e. The molecule has 32 heavy (non-hydrogen) atoms. The lowest BCUT2D eigenvalue weighted by atomic mass is 9.96. The Labute approximate surface area is 194 Å². The van der Waals surface area contributed by atoms with Crippen LogP contribution in [0.4, 0.5) is 5.69 Å². The molecule has 1 aromatic heterocycles. The highest BCUT2D eigenvalue weighted by atomic mass is 32.2. The molecule has 2 aromatic carbocycles. The molecule has 0 unspecified atom stereocenters. The van der Waals surface area contributed by atoms with Gasteiger partial charge in [0.25, 0.3) is 0 Å². The molecule has 3 aromatic rings. The van der Waals surface area contributed by atoms with Crippen LogP contribution in [0.25, 0.3) is 10.8 Å². The molecule has 0 radical (unpaired) electrons. The van der Waals surface area contributed by atoms with Gasteiger partial charge in [-0.1, -0.05) is 48.2 Å². The van der Waals surface area contributed by atoms with Crippen molar-refractivity contribution < 1.29 is 14.4 Å². The molecule has 0 saturated carbocycles. The maximum Gasteiger partial charge on any atom is 0.234 e. The van der Waals surface area contributed by atoms with Crippen molar-refractivity contribution in [1.29, 1.82) is 0 Å². The minimum Gasteiger partial charge on any atom is -0.369 e. The standard InChI is InChI=1S/C23H24N4O3S2/c24-22(30)16-8-10-27(11-9-16)21(29)12-17-13-31-23(25-17)32-14-20(28)26-19-7-3-5-15-4-1-2-6-18(15)19/h1-7,13,16H,8-12,14H2,(H2,24,30)(H,26,28). The predicted octanol–water partition coefficient (Wildman–Crippen LogP) is 3.29. The number of hydrogen-bond acceptors (Lipinski definition) is 6. The Morgan fingerprint density at radius 1 is 1.12 bits per heavy atom. The van der Waals surface area contributed by atoms with E-state index in [0.717, 1.165) is 20.8 Å². The summed E-state index contributed by atoms with van der Waals surface area (Å²) in [7, 11) is 0. The molecular formula is C23H24N4O3S2. The summed E-state index contributed by atoms with van der Waals surface area (Å²) in [6, 6.07) is 13.7. The highest BCUT2D eigenvalue weighted by molar-refractivity contribution is 8.01. The first-order chi connectivity index (χ1) is 15.5. The lowest BCUT2D eigenvalue weighted by molar-refractivity contribution is -0.134. The average Bonchev–Trinajstić information content (AvgIpc) is 3.25. The minimum absolute atomic E-state index is 0.00321. The first-order valence-electron chi connectivity index (χ1n) is 10.4. The number of rotatable bonds is 7. The third kappa shape index (κ3) is 5.46. The van der Waals surface area contributed by atoms with Crippen molar-refractivity contribution >= 4 is 57.3 Å². The van der Waals surface area contributed by atoms with Gasteiger partial charge in [0, 0.05) is 35.5 Å². The van der Waals surface area contributed by atoms with Gasteiger partial charge in [-0.25, -0.2) is 4.98 Å². The second-order valence-corrected chi connectivity index (χ2v) is 9.78. The molecule has 2 heterocycles. The fourth-order valence-electron chi connectivity index (χ4n) is 3.76. The van der Waals surface area contributed by atoms with E-state index >= 15 is 0 Å². The number of hydrogen-bond donors (Lipinski definition) is 2. The third-order valence-corrected chi connectivity index (χ3v) is 7.57. The van der Waals surface area contributed by atoms with Crippen LogP contribution in [-0.4, -0.2) is 46.4 Å². The Morgan fingerprint density at radius 2 is 1.88 bits per heavy atom. The molecule has 0 atom stereocenters. The van der Waals surface area contributed by atoms with Gasteiger partial charge in [0.2, 0.25) is 17.7 Å². The van der Waals surface area contributed by atoms with Crippen LogP contribution in [0.2, 0.25) is 0 Å². The van der Waals surface area contributed by atoms with Crippen molar-refractivity contribution in [3.8, 4) is 0 Å². The van der Waals surface area contributed by atoms with E-state index in [9.17, 15) is 14.4 Å². The molecule has 166 valence electrons. The van der Waals surface area contributed by atoms with Crippen LogP contribution in [0, 0.1) is 5.92 Å². The molecule has 9 heteroatoms. The van der Waals surface area contributed by atoms with E-state index in [0.29, 0.717) is 31.6 Å². The van der Waals surface area contributed by atoms with Gasteiger partial charge in [-0.05, 0) is 24.3 Å². The first kappa shape index (κ1) is 22.3. The van der Waals surface area contributed by atoms with Crippen molar-refractivity contribution in [2.24, 2.45) is 11.7 Å². The summed E-state index contributed by atoms with van der Waals surface area (Å²) in [5, 5.41) is 6.91. The van der Waals surface area contributed by atoms with Crippen LogP contribution in [-0.2, 0) is 20.8 Å². The van der Waals surface area contributed by atoms with Crippen LogP contribution < -0.4 is 11.1 Å². The number of amides is 3. The summed E-state index contributed by atoms with van der Waals surface area (Å²) in [6.45, 7) is 1.10. The molecule has 0 spiro atoms. The number of carbonyl (C=O) groups excluding carboxylic acids is 3. The fourth-order valence-corrected chi connectivity index (χ4v) is 5.41. The van der Waals surface area contributed by atoms with Gasteiger partial charge in [-0.2, -0.15) is 0 Å². The van der Waals surface area contributed by atoms with E-state index in [4.69, 9.17) is 5.73 Å². The zero-order valence-corrected chi connectivity index (χ0v) is 19.1. The molecule has 1 aliphatic heterocycles. The van der Waals surface area contributed by atoms with E-state index in [1.165, 1.54) is 23.1 Å². The quantitative estimate of drug-likeness (QED) is 0.518. The Balaban J connectivity index is 1.26. The number of anilines is 1. The summed E-state index contributed by atoms with van der Waals surface area (Å²) < 4.78 is 0.758. The molecule has 0 bridgehead atoms. The average molecular weight is 469 g/mol. The number of piperidine rings is 1. The minimum atomic E-state index is -0.289. The smallest absolute Gasteiger partial charge is 0.234 e. The van der Waals surface area contributed by atoms with Crippen LogP contribution in [0.1, 0.15) is 18.5 Å².